The number of benzene rings is 1. The number of alkyl halides is 3. The van der Waals surface area contributed by atoms with Crippen molar-refractivity contribution in [1.82, 2.24) is 5.32 Å². The molecule has 1 aromatic carbocycles. The zero-order valence-corrected chi connectivity index (χ0v) is 11.7. The van der Waals surface area contributed by atoms with Crippen LogP contribution in [0.15, 0.2) is 24.3 Å². The fourth-order valence-electron chi connectivity index (χ4n) is 2.68. The molecular formula is C15H16F3NO3. The lowest BCUT2D eigenvalue weighted by molar-refractivity contribution is -0.183. The Kier molecular flexibility index (Phi) is 4.73. The largest absolute Gasteiger partial charge is 0.478 e. The van der Waals surface area contributed by atoms with Gasteiger partial charge in [-0.3, -0.25) is 4.79 Å². The first-order chi connectivity index (χ1) is 10.3. The molecule has 1 aliphatic carbocycles. The van der Waals surface area contributed by atoms with E-state index in [1.807, 2.05) is 0 Å². The van der Waals surface area contributed by atoms with Gasteiger partial charge in [-0.05, 0) is 37.5 Å². The van der Waals surface area contributed by atoms with E-state index in [-0.39, 0.29) is 24.0 Å². The highest BCUT2D eigenvalue weighted by Gasteiger charge is 2.42. The lowest BCUT2D eigenvalue weighted by atomic mass is 9.85. The summed E-state index contributed by atoms with van der Waals surface area (Å²) in [6.45, 7) is 0. The molecule has 4 nitrogen and oxygen atoms in total. The topological polar surface area (TPSA) is 66.4 Å². The van der Waals surface area contributed by atoms with Gasteiger partial charge in [-0.2, -0.15) is 13.2 Å². The number of carboxylic acids is 1. The van der Waals surface area contributed by atoms with Crippen molar-refractivity contribution in [3.05, 3.63) is 35.4 Å². The van der Waals surface area contributed by atoms with E-state index in [2.05, 4.69) is 5.32 Å². The van der Waals surface area contributed by atoms with Crippen LogP contribution in [0.25, 0.3) is 0 Å². The molecule has 2 N–H and O–H groups in total. The van der Waals surface area contributed by atoms with Crippen LogP contribution >= 0.6 is 0 Å². The Morgan fingerprint density at radius 2 is 1.86 bits per heavy atom. The van der Waals surface area contributed by atoms with Crippen molar-refractivity contribution in [3.63, 3.8) is 0 Å². The molecule has 1 fully saturated rings. The van der Waals surface area contributed by atoms with Crippen molar-refractivity contribution in [2.24, 2.45) is 5.92 Å². The van der Waals surface area contributed by atoms with Crippen molar-refractivity contribution < 1.29 is 27.9 Å². The van der Waals surface area contributed by atoms with Gasteiger partial charge in [-0.1, -0.05) is 12.5 Å². The van der Waals surface area contributed by atoms with Crippen LogP contribution < -0.4 is 5.32 Å². The summed E-state index contributed by atoms with van der Waals surface area (Å²) in [5, 5.41) is 11.5. The van der Waals surface area contributed by atoms with E-state index in [0.717, 1.165) is 0 Å². The average Bonchev–Trinajstić information content (AvgIpc) is 2.46. The zero-order valence-electron chi connectivity index (χ0n) is 11.7. The van der Waals surface area contributed by atoms with E-state index in [0.29, 0.717) is 12.8 Å². The molecule has 0 heterocycles. The van der Waals surface area contributed by atoms with Crippen LogP contribution in [0.1, 0.15) is 46.4 Å². The highest BCUT2D eigenvalue weighted by Crippen LogP contribution is 2.37. The summed E-state index contributed by atoms with van der Waals surface area (Å²) in [4.78, 5) is 22.9. The lowest BCUT2D eigenvalue weighted by Crippen LogP contribution is -2.41. The maximum Gasteiger partial charge on any atom is 0.391 e. The summed E-state index contributed by atoms with van der Waals surface area (Å²) in [5.41, 5.74) is 0.0958. The van der Waals surface area contributed by atoms with Crippen LogP contribution in [-0.4, -0.2) is 29.2 Å². The van der Waals surface area contributed by atoms with E-state index in [4.69, 9.17) is 5.11 Å². The minimum absolute atomic E-state index is 0.0375. The Bertz CT molecular complexity index is 571. The van der Waals surface area contributed by atoms with Crippen molar-refractivity contribution in [2.75, 3.05) is 0 Å². The second-order valence-electron chi connectivity index (χ2n) is 5.46. The van der Waals surface area contributed by atoms with Crippen LogP contribution in [0.5, 0.6) is 0 Å². The third-order valence-electron chi connectivity index (χ3n) is 3.84. The minimum atomic E-state index is -4.24. The Morgan fingerprint density at radius 3 is 2.50 bits per heavy atom. The van der Waals surface area contributed by atoms with E-state index in [1.54, 1.807) is 0 Å². The summed E-state index contributed by atoms with van der Waals surface area (Å²) >= 11 is 0. The molecule has 0 unspecified atom stereocenters. The van der Waals surface area contributed by atoms with Crippen LogP contribution in [-0.2, 0) is 0 Å². The second kappa shape index (κ2) is 6.37. The molecule has 0 aromatic heterocycles. The lowest BCUT2D eigenvalue weighted by Gasteiger charge is -2.31. The smallest absolute Gasteiger partial charge is 0.391 e. The summed E-state index contributed by atoms with van der Waals surface area (Å²) in [6.07, 6.45) is -3.38. The molecule has 22 heavy (non-hydrogen) atoms. The van der Waals surface area contributed by atoms with Crippen LogP contribution in [0.2, 0.25) is 0 Å². The molecule has 0 radical (unpaired) electrons. The molecule has 1 aromatic rings. The van der Waals surface area contributed by atoms with Gasteiger partial charge in [-0.25, -0.2) is 4.79 Å². The minimum Gasteiger partial charge on any atom is -0.478 e. The maximum atomic E-state index is 12.7. The van der Waals surface area contributed by atoms with Gasteiger partial charge in [0.25, 0.3) is 5.91 Å². The quantitative estimate of drug-likeness (QED) is 0.900. The van der Waals surface area contributed by atoms with Crippen molar-refractivity contribution >= 4 is 11.9 Å². The first-order valence-corrected chi connectivity index (χ1v) is 6.98. The van der Waals surface area contributed by atoms with E-state index in [1.165, 1.54) is 24.3 Å². The van der Waals surface area contributed by atoms with Crippen molar-refractivity contribution in [1.29, 1.82) is 0 Å². The van der Waals surface area contributed by atoms with Gasteiger partial charge >= 0.3 is 12.1 Å². The van der Waals surface area contributed by atoms with Gasteiger partial charge in [0.1, 0.15) is 0 Å². The number of hydrogen-bond acceptors (Lipinski definition) is 2. The number of carboxylic acid groups (broad SMARTS) is 1. The predicted octanol–water partition coefficient (Wildman–Crippen LogP) is 3.24. The molecule has 120 valence electrons. The number of nitrogens with one attached hydrogen (secondary N) is 1. The van der Waals surface area contributed by atoms with Gasteiger partial charge in [0.15, 0.2) is 0 Å². The van der Waals surface area contributed by atoms with E-state index >= 15 is 0 Å². The van der Waals surface area contributed by atoms with Crippen LogP contribution in [0.4, 0.5) is 13.2 Å². The highest BCUT2D eigenvalue weighted by atomic mass is 19.4. The molecule has 1 aliphatic rings. The van der Waals surface area contributed by atoms with Crippen molar-refractivity contribution in [2.45, 2.75) is 37.9 Å². The van der Waals surface area contributed by atoms with Gasteiger partial charge in [0, 0.05) is 11.6 Å². The number of carbonyl (C=O) groups is 2. The van der Waals surface area contributed by atoms with Gasteiger partial charge in [-0.15, -0.1) is 0 Å². The monoisotopic (exact) mass is 315 g/mol. The Balaban J connectivity index is 2.02. The fourth-order valence-corrected chi connectivity index (χ4v) is 2.68. The maximum absolute atomic E-state index is 12.7. The number of aromatic carboxylic acids is 1. The average molecular weight is 315 g/mol. The predicted molar refractivity (Wildman–Crippen MR) is 72.7 cm³/mol. The van der Waals surface area contributed by atoms with E-state index in [9.17, 15) is 22.8 Å². The molecule has 1 saturated carbocycles. The number of halogens is 3. The Hall–Kier alpha value is -2.05. The molecule has 2 rings (SSSR count). The Morgan fingerprint density at radius 1 is 1.18 bits per heavy atom. The second-order valence-corrected chi connectivity index (χ2v) is 5.46. The molecule has 0 bridgehead atoms. The number of carbonyl (C=O) groups excluding carboxylic acids is 1. The molecule has 0 spiro atoms. The summed E-state index contributed by atoms with van der Waals surface area (Å²) in [7, 11) is 0. The van der Waals surface area contributed by atoms with Crippen molar-refractivity contribution in [3.8, 4) is 0 Å². The third kappa shape index (κ3) is 3.99. The summed E-state index contributed by atoms with van der Waals surface area (Å²) in [6, 6.07) is 4.88. The van der Waals surface area contributed by atoms with Crippen LogP contribution in [0, 0.1) is 5.92 Å². The van der Waals surface area contributed by atoms with Gasteiger partial charge in [0.2, 0.25) is 0 Å². The third-order valence-corrected chi connectivity index (χ3v) is 3.84. The fraction of sp³-hybridized carbons (Fsp3) is 0.467. The number of amides is 1. The van der Waals surface area contributed by atoms with E-state index < -0.39 is 30.0 Å². The SMILES string of the molecule is O=C(O)c1cccc(C(=O)N[C@H]2CCC[C@H](C(F)(F)F)C2)c1. The molecule has 0 aliphatic heterocycles. The molecule has 0 saturated heterocycles. The highest BCUT2D eigenvalue weighted by molar-refractivity contribution is 5.97. The summed E-state index contributed by atoms with van der Waals surface area (Å²) in [5.74, 6) is -3.10. The van der Waals surface area contributed by atoms with Gasteiger partial charge < -0.3 is 10.4 Å². The first kappa shape index (κ1) is 16.3. The first-order valence-electron chi connectivity index (χ1n) is 6.98. The normalized spacial score (nSPS) is 22.1. The molecule has 1 amide bonds. The molecule has 7 heteroatoms. The van der Waals surface area contributed by atoms with Gasteiger partial charge in [0.05, 0.1) is 11.5 Å². The number of rotatable bonds is 3. The Labute approximate surface area is 125 Å². The zero-order chi connectivity index (χ0) is 16.3. The van der Waals surface area contributed by atoms with Crippen LogP contribution in [0.3, 0.4) is 0 Å². The molecule has 2 atom stereocenters. The summed E-state index contributed by atoms with van der Waals surface area (Å²) < 4.78 is 38.2. The number of hydrogen-bond donors (Lipinski definition) is 2. The standard InChI is InChI=1S/C15H16F3NO3/c16-15(17,18)11-5-2-6-12(8-11)19-13(20)9-3-1-4-10(7-9)14(21)22/h1,3-4,7,11-12H,2,5-6,8H2,(H,19,20)(H,21,22)/t11-,12-/m0/s1. The molecular weight excluding hydrogens is 299 g/mol.